The van der Waals surface area contributed by atoms with Crippen LogP contribution in [0.3, 0.4) is 0 Å². The van der Waals surface area contributed by atoms with Crippen LogP contribution in [0, 0.1) is 0 Å². The van der Waals surface area contributed by atoms with Crippen LogP contribution in [-0.2, 0) is 16.6 Å². The molecule has 1 unspecified atom stereocenters. The highest BCUT2D eigenvalue weighted by Gasteiger charge is 2.36. The van der Waals surface area contributed by atoms with Crippen molar-refractivity contribution in [3.63, 3.8) is 0 Å². The summed E-state index contributed by atoms with van der Waals surface area (Å²) in [6.07, 6.45) is 14.9. The van der Waals surface area contributed by atoms with Gasteiger partial charge in [-0.05, 0) is 36.6 Å². The summed E-state index contributed by atoms with van der Waals surface area (Å²) < 4.78 is 0. The number of hydrogen-bond acceptors (Lipinski definition) is 5. The number of carbonyl (C=O) groups is 1. The molecule has 0 bridgehead atoms. The number of aromatic nitrogens is 4. The topological polar surface area (TPSA) is 95.6 Å². The van der Waals surface area contributed by atoms with Gasteiger partial charge in [-0.2, -0.15) is 0 Å². The lowest BCUT2D eigenvalue weighted by atomic mass is 9.71. The first-order valence-corrected chi connectivity index (χ1v) is 12.0. The van der Waals surface area contributed by atoms with E-state index in [0.717, 1.165) is 53.5 Å². The number of fused-ring (bicyclic) bond motifs is 1. The Morgan fingerprint density at radius 1 is 1.03 bits per heavy atom. The molecule has 3 N–H and O–H groups in total. The minimum atomic E-state index is -0.463. The van der Waals surface area contributed by atoms with Gasteiger partial charge in [0.25, 0.3) is 0 Å². The standard InChI is InChI=1S/C27H30N6O/c34-26(32-18-27(11-5-1-6-12-27)25-10-4-7-13-30-25)24(33-21-16-28-19-29-17-21)14-20-15-31-23-9-3-2-8-22(20)23/h2-4,7-10,13,15-17,19,24,31,33H,1,5-6,11-12,14,18H2,(H,32,34). The van der Waals surface area contributed by atoms with Crippen molar-refractivity contribution in [3.8, 4) is 0 Å². The highest BCUT2D eigenvalue weighted by Crippen LogP contribution is 2.38. The van der Waals surface area contributed by atoms with E-state index in [2.05, 4.69) is 42.7 Å². The maximum absolute atomic E-state index is 13.6. The summed E-state index contributed by atoms with van der Waals surface area (Å²) in [5.41, 5.74) is 3.84. The number of anilines is 1. The normalized spacial score (nSPS) is 16.1. The molecule has 1 atom stereocenters. The molecule has 7 heteroatoms. The van der Waals surface area contributed by atoms with Gasteiger partial charge in [-0.15, -0.1) is 0 Å². The molecule has 1 aliphatic rings. The van der Waals surface area contributed by atoms with Crippen LogP contribution < -0.4 is 10.6 Å². The van der Waals surface area contributed by atoms with E-state index < -0.39 is 6.04 Å². The quantitative estimate of drug-likeness (QED) is 0.367. The number of para-hydroxylation sites is 1. The Kier molecular flexibility index (Phi) is 6.51. The fraction of sp³-hybridized carbons (Fsp3) is 0.333. The summed E-state index contributed by atoms with van der Waals surface area (Å²) in [6.45, 7) is 0.584. The molecule has 34 heavy (non-hydrogen) atoms. The van der Waals surface area contributed by atoms with E-state index >= 15 is 0 Å². The van der Waals surface area contributed by atoms with Crippen molar-refractivity contribution in [3.05, 3.63) is 84.8 Å². The van der Waals surface area contributed by atoms with E-state index in [-0.39, 0.29) is 11.3 Å². The van der Waals surface area contributed by atoms with Gasteiger partial charge in [0.1, 0.15) is 12.4 Å². The van der Waals surface area contributed by atoms with Crippen molar-refractivity contribution >= 4 is 22.5 Å². The van der Waals surface area contributed by atoms with E-state index in [0.29, 0.717) is 13.0 Å². The first-order chi connectivity index (χ1) is 16.7. The van der Waals surface area contributed by atoms with Crippen LogP contribution in [0.5, 0.6) is 0 Å². The van der Waals surface area contributed by atoms with Gasteiger partial charge in [0.05, 0.1) is 18.1 Å². The third-order valence-electron chi connectivity index (χ3n) is 6.94. The molecule has 0 aliphatic heterocycles. The molecule has 1 saturated carbocycles. The predicted octanol–water partition coefficient (Wildman–Crippen LogP) is 4.39. The van der Waals surface area contributed by atoms with Gasteiger partial charge < -0.3 is 15.6 Å². The van der Waals surface area contributed by atoms with Crippen LogP contribution in [0.2, 0.25) is 0 Å². The molecule has 5 rings (SSSR count). The largest absolute Gasteiger partial charge is 0.371 e. The number of rotatable bonds is 8. The molecule has 174 valence electrons. The first-order valence-electron chi connectivity index (χ1n) is 12.0. The molecule has 1 aliphatic carbocycles. The highest BCUT2D eigenvalue weighted by molar-refractivity contribution is 5.87. The van der Waals surface area contributed by atoms with Crippen LogP contribution in [0.15, 0.2) is 73.6 Å². The fourth-order valence-electron chi connectivity index (χ4n) is 5.11. The first kappa shape index (κ1) is 22.1. The second kappa shape index (κ2) is 10.0. The Hall–Kier alpha value is -3.74. The summed E-state index contributed by atoms with van der Waals surface area (Å²) in [4.78, 5) is 29.8. The van der Waals surface area contributed by atoms with Crippen LogP contribution in [0.1, 0.15) is 43.4 Å². The van der Waals surface area contributed by atoms with Gasteiger partial charge in [0.15, 0.2) is 0 Å². The fourth-order valence-corrected chi connectivity index (χ4v) is 5.11. The third-order valence-corrected chi connectivity index (χ3v) is 6.94. The third kappa shape index (κ3) is 4.78. The predicted molar refractivity (Wildman–Crippen MR) is 133 cm³/mol. The zero-order valence-electron chi connectivity index (χ0n) is 19.2. The zero-order chi connectivity index (χ0) is 23.2. The molecule has 3 aromatic heterocycles. The average molecular weight is 455 g/mol. The summed E-state index contributed by atoms with van der Waals surface area (Å²) in [7, 11) is 0. The van der Waals surface area contributed by atoms with Crippen molar-refractivity contribution in [2.75, 3.05) is 11.9 Å². The van der Waals surface area contributed by atoms with Gasteiger partial charge in [0, 0.05) is 47.4 Å². The SMILES string of the molecule is O=C(NCC1(c2ccccn2)CCCCC1)C(Cc1c[nH]c2ccccc12)Nc1cncnc1. The van der Waals surface area contributed by atoms with Crippen molar-refractivity contribution < 1.29 is 4.79 Å². The lowest BCUT2D eigenvalue weighted by molar-refractivity contribution is -0.122. The molecule has 1 amide bonds. The molecule has 0 saturated heterocycles. The summed E-state index contributed by atoms with van der Waals surface area (Å²) in [5, 5.41) is 7.76. The Morgan fingerprint density at radius 3 is 2.62 bits per heavy atom. The number of carbonyl (C=O) groups excluding carboxylic acids is 1. The number of hydrogen-bond donors (Lipinski definition) is 3. The molecular formula is C27H30N6O. The van der Waals surface area contributed by atoms with Gasteiger partial charge in [-0.3, -0.25) is 9.78 Å². The molecule has 1 fully saturated rings. The monoisotopic (exact) mass is 454 g/mol. The molecule has 3 heterocycles. The number of pyridine rings is 1. The number of nitrogens with zero attached hydrogens (tertiary/aromatic N) is 3. The summed E-state index contributed by atoms with van der Waals surface area (Å²) in [5.74, 6) is -0.0324. The van der Waals surface area contributed by atoms with Crippen LogP contribution in [0.25, 0.3) is 10.9 Å². The lowest BCUT2D eigenvalue weighted by Gasteiger charge is -2.37. The second-order valence-electron chi connectivity index (χ2n) is 9.16. The van der Waals surface area contributed by atoms with Crippen molar-refractivity contribution in [1.29, 1.82) is 0 Å². The van der Waals surface area contributed by atoms with E-state index in [9.17, 15) is 4.79 Å². The number of amides is 1. The van der Waals surface area contributed by atoms with Crippen LogP contribution in [0.4, 0.5) is 5.69 Å². The van der Waals surface area contributed by atoms with E-state index in [1.165, 1.54) is 12.7 Å². The zero-order valence-corrected chi connectivity index (χ0v) is 19.2. The second-order valence-corrected chi connectivity index (χ2v) is 9.16. The Bertz CT molecular complexity index is 1220. The van der Waals surface area contributed by atoms with Crippen LogP contribution >= 0.6 is 0 Å². The van der Waals surface area contributed by atoms with Crippen molar-refractivity contribution in [1.82, 2.24) is 25.3 Å². The molecular weight excluding hydrogens is 424 g/mol. The highest BCUT2D eigenvalue weighted by atomic mass is 16.2. The lowest BCUT2D eigenvalue weighted by Crippen LogP contribution is -2.48. The maximum atomic E-state index is 13.6. The smallest absolute Gasteiger partial charge is 0.242 e. The van der Waals surface area contributed by atoms with E-state index in [4.69, 9.17) is 0 Å². The average Bonchev–Trinajstić information content (AvgIpc) is 3.31. The Morgan fingerprint density at radius 2 is 1.82 bits per heavy atom. The Balaban J connectivity index is 1.37. The van der Waals surface area contributed by atoms with Gasteiger partial charge in [0.2, 0.25) is 5.91 Å². The van der Waals surface area contributed by atoms with E-state index in [1.54, 1.807) is 12.4 Å². The van der Waals surface area contributed by atoms with Crippen molar-refractivity contribution in [2.24, 2.45) is 0 Å². The molecule has 0 radical (unpaired) electrons. The minimum Gasteiger partial charge on any atom is -0.371 e. The molecule has 1 aromatic carbocycles. The number of aromatic amines is 1. The maximum Gasteiger partial charge on any atom is 0.242 e. The van der Waals surface area contributed by atoms with E-state index in [1.807, 2.05) is 42.7 Å². The van der Waals surface area contributed by atoms with Gasteiger partial charge in [-0.1, -0.05) is 43.5 Å². The molecule has 7 nitrogen and oxygen atoms in total. The molecule has 0 spiro atoms. The molecule has 4 aromatic rings. The number of nitrogens with one attached hydrogen (secondary N) is 3. The number of H-pyrrole nitrogens is 1. The summed E-state index contributed by atoms with van der Waals surface area (Å²) in [6, 6.07) is 13.8. The Labute approximate surface area is 199 Å². The summed E-state index contributed by atoms with van der Waals surface area (Å²) >= 11 is 0. The van der Waals surface area contributed by atoms with Gasteiger partial charge >= 0.3 is 0 Å². The number of benzene rings is 1. The van der Waals surface area contributed by atoms with Crippen molar-refractivity contribution in [2.45, 2.75) is 50.0 Å². The van der Waals surface area contributed by atoms with Gasteiger partial charge in [-0.25, -0.2) is 9.97 Å². The van der Waals surface area contributed by atoms with Crippen LogP contribution in [-0.4, -0.2) is 38.4 Å². The minimum absolute atomic E-state index is 0.0324.